The van der Waals surface area contributed by atoms with Crippen molar-refractivity contribution in [3.8, 4) is 5.75 Å². The number of phenols is 1. The maximum Gasteiger partial charge on any atom is 0.120 e. The van der Waals surface area contributed by atoms with Crippen molar-refractivity contribution in [2.75, 3.05) is 6.54 Å². The second-order valence-corrected chi connectivity index (χ2v) is 6.14. The molecule has 1 heterocycles. The van der Waals surface area contributed by atoms with Crippen LogP contribution in [0.3, 0.4) is 0 Å². The summed E-state index contributed by atoms with van der Waals surface area (Å²) in [6.45, 7) is 1.87. The minimum Gasteiger partial charge on any atom is -0.508 e. The minimum absolute atomic E-state index is 0.411. The van der Waals surface area contributed by atoms with Crippen LogP contribution in [0.25, 0.3) is 0 Å². The van der Waals surface area contributed by atoms with Gasteiger partial charge in [0.05, 0.1) is 0 Å². The average Bonchev–Trinajstić information content (AvgIpc) is 3.08. The van der Waals surface area contributed by atoms with Gasteiger partial charge in [0, 0.05) is 37.1 Å². The molecule has 1 aromatic heterocycles. The first-order valence-electron chi connectivity index (χ1n) is 8.23. The SMILES string of the molecule is Oc1ccccc1CN(CCc1ccncc1)C1CCCC1. The molecule has 0 bridgehead atoms. The molecular formula is C19H24N2O. The van der Waals surface area contributed by atoms with Crippen molar-refractivity contribution in [1.82, 2.24) is 9.88 Å². The van der Waals surface area contributed by atoms with E-state index in [4.69, 9.17) is 0 Å². The van der Waals surface area contributed by atoms with Gasteiger partial charge in [0.2, 0.25) is 0 Å². The summed E-state index contributed by atoms with van der Waals surface area (Å²) >= 11 is 0. The molecule has 3 rings (SSSR count). The first-order valence-corrected chi connectivity index (χ1v) is 8.23. The highest BCUT2D eigenvalue weighted by Gasteiger charge is 2.23. The summed E-state index contributed by atoms with van der Waals surface area (Å²) in [4.78, 5) is 6.63. The monoisotopic (exact) mass is 296 g/mol. The molecule has 116 valence electrons. The van der Waals surface area contributed by atoms with Gasteiger partial charge in [0.15, 0.2) is 0 Å². The Labute approximate surface area is 132 Å². The molecule has 1 N–H and O–H groups in total. The number of pyridine rings is 1. The van der Waals surface area contributed by atoms with Crippen molar-refractivity contribution < 1.29 is 5.11 Å². The summed E-state index contributed by atoms with van der Waals surface area (Å²) in [7, 11) is 0. The van der Waals surface area contributed by atoms with Crippen LogP contribution >= 0.6 is 0 Å². The van der Waals surface area contributed by atoms with E-state index < -0.39 is 0 Å². The summed E-state index contributed by atoms with van der Waals surface area (Å²) in [5.41, 5.74) is 2.36. The fourth-order valence-electron chi connectivity index (χ4n) is 3.35. The highest BCUT2D eigenvalue weighted by Crippen LogP contribution is 2.27. The van der Waals surface area contributed by atoms with Crippen LogP contribution in [0.2, 0.25) is 0 Å². The summed E-state index contributed by atoms with van der Waals surface area (Å²) in [6.07, 6.45) is 9.98. The highest BCUT2D eigenvalue weighted by molar-refractivity contribution is 5.31. The van der Waals surface area contributed by atoms with E-state index in [1.54, 1.807) is 6.07 Å². The van der Waals surface area contributed by atoms with E-state index in [9.17, 15) is 5.11 Å². The zero-order valence-electron chi connectivity index (χ0n) is 13.0. The number of nitrogens with zero attached hydrogens (tertiary/aromatic N) is 2. The number of aromatic hydroxyl groups is 1. The van der Waals surface area contributed by atoms with Crippen molar-refractivity contribution >= 4 is 0 Å². The molecule has 0 atom stereocenters. The van der Waals surface area contributed by atoms with Crippen molar-refractivity contribution in [2.24, 2.45) is 0 Å². The van der Waals surface area contributed by atoms with Crippen LogP contribution in [0.15, 0.2) is 48.8 Å². The van der Waals surface area contributed by atoms with Crippen LogP contribution in [0.4, 0.5) is 0 Å². The summed E-state index contributed by atoms with van der Waals surface area (Å²) < 4.78 is 0. The first kappa shape index (κ1) is 15.0. The van der Waals surface area contributed by atoms with Gasteiger partial charge in [0.25, 0.3) is 0 Å². The molecule has 1 saturated carbocycles. The molecule has 0 saturated heterocycles. The summed E-state index contributed by atoms with van der Waals surface area (Å²) in [5.74, 6) is 0.411. The van der Waals surface area contributed by atoms with Gasteiger partial charge in [-0.2, -0.15) is 0 Å². The molecule has 1 fully saturated rings. The second-order valence-electron chi connectivity index (χ2n) is 6.14. The van der Waals surface area contributed by atoms with Gasteiger partial charge < -0.3 is 5.11 Å². The lowest BCUT2D eigenvalue weighted by Gasteiger charge is -2.29. The fraction of sp³-hybridized carbons (Fsp3) is 0.421. The minimum atomic E-state index is 0.411. The Bertz CT molecular complexity index is 579. The Kier molecular flexibility index (Phi) is 5.07. The molecule has 3 heteroatoms. The molecule has 1 aromatic carbocycles. The zero-order valence-corrected chi connectivity index (χ0v) is 13.0. The highest BCUT2D eigenvalue weighted by atomic mass is 16.3. The van der Waals surface area contributed by atoms with Gasteiger partial charge in [-0.3, -0.25) is 9.88 Å². The van der Waals surface area contributed by atoms with E-state index >= 15 is 0 Å². The number of aromatic nitrogens is 1. The van der Waals surface area contributed by atoms with Crippen LogP contribution in [0.1, 0.15) is 36.8 Å². The van der Waals surface area contributed by atoms with Crippen LogP contribution in [-0.4, -0.2) is 27.6 Å². The molecule has 22 heavy (non-hydrogen) atoms. The second kappa shape index (κ2) is 7.41. The van der Waals surface area contributed by atoms with E-state index in [0.29, 0.717) is 11.8 Å². The first-order chi connectivity index (χ1) is 10.8. The standard InChI is InChI=1S/C19H24N2O/c22-19-8-4-1-5-17(19)15-21(18-6-2-3-7-18)14-11-16-9-12-20-13-10-16/h1,4-5,8-10,12-13,18,22H,2-3,6-7,11,14-15H2. The molecule has 0 radical (unpaired) electrons. The number of hydrogen-bond acceptors (Lipinski definition) is 3. The van der Waals surface area contributed by atoms with E-state index in [0.717, 1.165) is 25.1 Å². The van der Waals surface area contributed by atoms with E-state index in [1.807, 2.05) is 30.6 Å². The Balaban J connectivity index is 1.68. The third-order valence-corrected chi connectivity index (χ3v) is 4.64. The number of rotatable bonds is 6. The molecule has 0 amide bonds. The Morgan fingerprint density at radius 1 is 1.05 bits per heavy atom. The number of phenolic OH excluding ortho intramolecular Hbond substituents is 1. The molecule has 0 unspecified atom stereocenters. The van der Waals surface area contributed by atoms with Crippen LogP contribution in [0, 0.1) is 0 Å². The van der Waals surface area contributed by atoms with Crippen molar-refractivity contribution in [3.05, 3.63) is 59.9 Å². The van der Waals surface area contributed by atoms with Crippen molar-refractivity contribution in [1.29, 1.82) is 0 Å². The Hall–Kier alpha value is -1.87. The summed E-state index contributed by atoms with van der Waals surface area (Å²) in [5, 5.41) is 10.1. The maximum absolute atomic E-state index is 10.1. The van der Waals surface area contributed by atoms with Crippen LogP contribution in [-0.2, 0) is 13.0 Å². The quantitative estimate of drug-likeness (QED) is 0.881. The Morgan fingerprint density at radius 2 is 1.77 bits per heavy atom. The molecule has 1 aliphatic rings. The van der Waals surface area contributed by atoms with Crippen LogP contribution in [0.5, 0.6) is 5.75 Å². The van der Waals surface area contributed by atoms with Gasteiger partial charge in [-0.15, -0.1) is 0 Å². The lowest BCUT2D eigenvalue weighted by molar-refractivity contribution is 0.190. The van der Waals surface area contributed by atoms with Crippen molar-refractivity contribution in [3.63, 3.8) is 0 Å². The van der Waals surface area contributed by atoms with E-state index in [2.05, 4.69) is 22.0 Å². The van der Waals surface area contributed by atoms with E-state index in [-0.39, 0.29) is 0 Å². The van der Waals surface area contributed by atoms with Gasteiger partial charge >= 0.3 is 0 Å². The molecule has 0 aliphatic heterocycles. The lowest BCUT2D eigenvalue weighted by atomic mass is 10.1. The maximum atomic E-state index is 10.1. The smallest absolute Gasteiger partial charge is 0.120 e. The number of para-hydroxylation sites is 1. The lowest BCUT2D eigenvalue weighted by Crippen LogP contribution is -2.34. The average molecular weight is 296 g/mol. The van der Waals surface area contributed by atoms with Gasteiger partial charge in [-0.05, 0) is 43.0 Å². The van der Waals surface area contributed by atoms with Crippen molar-refractivity contribution in [2.45, 2.75) is 44.7 Å². The summed E-state index contributed by atoms with van der Waals surface area (Å²) in [6, 6.07) is 12.5. The predicted octanol–water partition coefficient (Wildman–Crippen LogP) is 3.77. The van der Waals surface area contributed by atoms with Gasteiger partial charge in [-0.25, -0.2) is 0 Å². The molecular weight excluding hydrogens is 272 g/mol. The third-order valence-electron chi connectivity index (χ3n) is 4.64. The molecule has 3 nitrogen and oxygen atoms in total. The molecule has 2 aromatic rings. The van der Waals surface area contributed by atoms with Gasteiger partial charge in [0.1, 0.15) is 5.75 Å². The van der Waals surface area contributed by atoms with Gasteiger partial charge in [-0.1, -0.05) is 31.0 Å². The fourth-order valence-corrected chi connectivity index (χ4v) is 3.35. The largest absolute Gasteiger partial charge is 0.508 e. The topological polar surface area (TPSA) is 36.4 Å². The van der Waals surface area contributed by atoms with E-state index in [1.165, 1.54) is 31.2 Å². The zero-order chi connectivity index (χ0) is 15.2. The third kappa shape index (κ3) is 3.86. The Morgan fingerprint density at radius 3 is 2.50 bits per heavy atom. The predicted molar refractivity (Wildman–Crippen MR) is 88.7 cm³/mol. The normalized spacial score (nSPS) is 15.5. The van der Waals surface area contributed by atoms with Crippen LogP contribution < -0.4 is 0 Å². The number of hydrogen-bond donors (Lipinski definition) is 1. The molecule has 0 spiro atoms. The number of benzene rings is 1. The molecule has 1 aliphatic carbocycles.